The standard InChI is InChI=1S/C13H21N5/c1-17-7-2-3-10-9-18(8-6-11(10)17)13-5-4-12(14)15-16-13/h4-5,10-11H,2-3,6-9H2,1H3,(H2,14,15). The Hall–Kier alpha value is -1.36. The van der Waals surface area contributed by atoms with Gasteiger partial charge in [0.25, 0.3) is 0 Å². The smallest absolute Gasteiger partial charge is 0.151 e. The van der Waals surface area contributed by atoms with Crippen LogP contribution in [0, 0.1) is 5.92 Å². The first-order valence-corrected chi connectivity index (χ1v) is 6.78. The van der Waals surface area contributed by atoms with Crippen molar-refractivity contribution in [1.29, 1.82) is 0 Å². The van der Waals surface area contributed by atoms with Crippen LogP contribution in [0.2, 0.25) is 0 Å². The predicted octanol–water partition coefficient (Wildman–Crippen LogP) is 0.979. The molecule has 2 aliphatic heterocycles. The molecule has 18 heavy (non-hydrogen) atoms. The van der Waals surface area contributed by atoms with Crippen LogP contribution in [0.1, 0.15) is 19.3 Å². The number of aromatic nitrogens is 2. The fraction of sp³-hybridized carbons (Fsp3) is 0.692. The first-order chi connectivity index (χ1) is 8.74. The van der Waals surface area contributed by atoms with Gasteiger partial charge in [-0.2, -0.15) is 0 Å². The molecule has 5 heteroatoms. The van der Waals surface area contributed by atoms with Crippen molar-refractivity contribution in [1.82, 2.24) is 15.1 Å². The average Bonchev–Trinajstić information content (AvgIpc) is 2.39. The first-order valence-electron chi connectivity index (χ1n) is 6.78. The minimum absolute atomic E-state index is 0.492. The molecule has 0 radical (unpaired) electrons. The summed E-state index contributed by atoms with van der Waals surface area (Å²) >= 11 is 0. The number of anilines is 2. The fourth-order valence-electron chi connectivity index (χ4n) is 3.36. The Morgan fingerprint density at radius 2 is 2.11 bits per heavy atom. The number of hydrogen-bond donors (Lipinski definition) is 1. The van der Waals surface area contributed by atoms with Crippen LogP contribution in [0.15, 0.2) is 12.1 Å². The zero-order chi connectivity index (χ0) is 12.5. The SMILES string of the molecule is CN1CCCC2CN(c3ccc(N)nn3)CCC21. The van der Waals surface area contributed by atoms with Crippen LogP contribution in [-0.4, -0.2) is 47.8 Å². The summed E-state index contributed by atoms with van der Waals surface area (Å²) in [5, 5.41) is 8.14. The van der Waals surface area contributed by atoms with E-state index in [0.717, 1.165) is 30.9 Å². The van der Waals surface area contributed by atoms with E-state index in [-0.39, 0.29) is 0 Å². The molecule has 1 aromatic heterocycles. The number of rotatable bonds is 1. The van der Waals surface area contributed by atoms with Crippen molar-refractivity contribution in [2.45, 2.75) is 25.3 Å². The van der Waals surface area contributed by atoms with Gasteiger partial charge < -0.3 is 15.5 Å². The van der Waals surface area contributed by atoms with Crippen molar-refractivity contribution in [2.75, 3.05) is 37.3 Å². The van der Waals surface area contributed by atoms with E-state index in [9.17, 15) is 0 Å². The van der Waals surface area contributed by atoms with Crippen molar-refractivity contribution >= 4 is 11.6 Å². The molecule has 3 rings (SSSR count). The predicted molar refractivity (Wildman–Crippen MR) is 72.4 cm³/mol. The minimum Gasteiger partial charge on any atom is -0.382 e. The summed E-state index contributed by atoms with van der Waals surface area (Å²) in [6, 6.07) is 4.58. The topological polar surface area (TPSA) is 58.3 Å². The third-order valence-electron chi connectivity index (χ3n) is 4.34. The molecule has 2 atom stereocenters. The average molecular weight is 247 g/mol. The molecule has 2 aliphatic rings. The number of piperidine rings is 2. The summed E-state index contributed by atoms with van der Waals surface area (Å²) in [6.07, 6.45) is 3.89. The van der Waals surface area contributed by atoms with E-state index in [2.05, 4.69) is 27.0 Å². The van der Waals surface area contributed by atoms with Crippen LogP contribution in [0.5, 0.6) is 0 Å². The van der Waals surface area contributed by atoms with E-state index in [1.165, 1.54) is 25.8 Å². The van der Waals surface area contributed by atoms with Gasteiger partial charge in [0.2, 0.25) is 0 Å². The van der Waals surface area contributed by atoms with E-state index in [0.29, 0.717) is 5.82 Å². The first kappa shape index (κ1) is 11.7. The largest absolute Gasteiger partial charge is 0.382 e. The maximum absolute atomic E-state index is 5.58. The molecule has 0 aliphatic carbocycles. The maximum atomic E-state index is 5.58. The van der Waals surface area contributed by atoms with Crippen LogP contribution in [-0.2, 0) is 0 Å². The highest BCUT2D eigenvalue weighted by atomic mass is 15.3. The Morgan fingerprint density at radius 1 is 1.22 bits per heavy atom. The zero-order valence-electron chi connectivity index (χ0n) is 10.9. The second kappa shape index (κ2) is 4.72. The molecule has 2 unspecified atom stereocenters. The van der Waals surface area contributed by atoms with Gasteiger partial charge in [-0.1, -0.05) is 0 Å². The lowest BCUT2D eigenvalue weighted by Gasteiger charge is -2.46. The summed E-state index contributed by atoms with van der Waals surface area (Å²) in [7, 11) is 2.26. The molecule has 0 bridgehead atoms. The second-order valence-electron chi connectivity index (χ2n) is 5.50. The van der Waals surface area contributed by atoms with Crippen LogP contribution in [0.4, 0.5) is 11.6 Å². The van der Waals surface area contributed by atoms with E-state index in [4.69, 9.17) is 5.73 Å². The Bertz CT molecular complexity index is 404. The van der Waals surface area contributed by atoms with E-state index >= 15 is 0 Å². The van der Waals surface area contributed by atoms with Gasteiger partial charge in [-0.3, -0.25) is 0 Å². The number of hydrogen-bond acceptors (Lipinski definition) is 5. The van der Waals surface area contributed by atoms with Crippen LogP contribution < -0.4 is 10.6 Å². The number of fused-ring (bicyclic) bond motifs is 1. The number of nitrogens with zero attached hydrogens (tertiary/aromatic N) is 4. The summed E-state index contributed by atoms with van der Waals surface area (Å²) in [5.74, 6) is 2.23. The van der Waals surface area contributed by atoms with E-state index < -0.39 is 0 Å². The number of nitrogen functional groups attached to an aromatic ring is 1. The highest BCUT2D eigenvalue weighted by Gasteiger charge is 2.34. The molecule has 0 aromatic carbocycles. The Morgan fingerprint density at radius 3 is 2.89 bits per heavy atom. The molecule has 0 amide bonds. The van der Waals surface area contributed by atoms with Crippen molar-refractivity contribution in [2.24, 2.45) is 5.92 Å². The minimum atomic E-state index is 0.492. The quantitative estimate of drug-likeness (QED) is 0.801. The highest BCUT2D eigenvalue weighted by Crippen LogP contribution is 2.31. The van der Waals surface area contributed by atoms with Crippen LogP contribution in [0.25, 0.3) is 0 Å². The van der Waals surface area contributed by atoms with Gasteiger partial charge in [0, 0.05) is 19.1 Å². The molecule has 0 spiro atoms. The summed E-state index contributed by atoms with van der Waals surface area (Å²) in [5.41, 5.74) is 5.58. The molecule has 3 heterocycles. The van der Waals surface area contributed by atoms with Gasteiger partial charge in [-0.25, -0.2) is 0 Å². The number of likely N-dealkylation sites (tertiary alicyclic amines) is 1. The Labute approximate surface area is 108 Å². The van der Waals surface area contributed by atoms with Crippen molar-refractivity contribution in [3.8, 4) is 0 Å². The molecule has 2 saturated heterocycles. The van der Waals surface area contributed by atoms with Crippen molar-refractivity contribution < 1.29 is 0 Å². The van der Waals surface area contributed by atoms with E-state index in [1.54, 1.807) is 0 Å². The molecular weight excluding hydrogens is 226 g/mol. The number of nitrogens with two attached hydrogens (primary N) is 1. The highest BCUT2D eigenvalue weighted by molar-refractivity contribution is 5.42. The molecular formula is C13H21N5. The lowest BCUT2D eigenvalue weighted by Crippen LogP contribution is -2.52. The molecule has 0 saturated carbocycles. The van der Waals surface area contributed by atoms with E-state index in [1.807, 2.05) is 12.1 Å². The Kier molecular flexibility index (Phi) is 3.07. The van der Waals surface area contributed by atoms with Gasteiger partial charge in [0.05, 0.1) is 0 Å². The van der Waals surface area contributed by atoms with Gasteiger partial charge in [-0.05, 0) is 50.9 Å². The van der Waals surface area contributed by atoms with Gasteiger partial charge in [-0.15, -0.1) is 10.2 Å². The summed E-state index contributed by atoms with van der Waals surface area (Å²) < 4.78 is 0. The van der Waals surface area contributed by atoms with Crippen molar-refractivity contribution in [3.05, 3.63) is 12.1 Å². The molecule has 98 valence electrons. The normalized spacial score (nSPS) is 29.1. The fourth-order valence-corrected chi connectivity index (χ4v) is 3.36. The molecule has 1 aromatic rings. The zero-order valence-corrected chi connectivity index (χ0v) is 10.9. The Balaban J connectivity index is 1.72. The second-order valence-corrected chi connectivity index (χ2v) is 5.50. The monoisotopic (exact) mass is 247 g/mol. The molecule has 5 nitrogen and oxygen atoms in total. The lowest BCUT2D eigenvalue weighted by molar-refractivity contribution is 0.102. The third kappa shape index (κ3) is 2.14. The lowest BCUT2D eigenvalue weighted by atomic mass is 9.84. The summed E-state index contributed by atoms with van der Waals surface area (Å²) in [6.45, 7) is 3.43. The van der Waals surface area contributed by atoms with Crippen LogP contribution in [0.3, 0.4) is 0 Å². The maximum Gasteiger partial charge on any atom is 0.151 e. The molecule has 2 fully saturated rings. The van der Waals surface area contributed by atoms with Gasteiger partial charge in [0.1, 0.15) is 5.82 Å². The third-order valence-corrected chi connectivity index (χ3v) is 4.34. The van der Waals surface area contributed by atoms with Crippen LogP contribution >= 0.6 is 0 Å². The van der Waals surface area contributed by atoms with Gasteiger partial charge in [0.15, 0.2) is 5.82 Å². The van der Waals surface area contributed by atoms with Gasteiger partial charge >= 0.3 is 0 Å². The van der Waals surface area contributed by atoms with Crippen molar-refractivity contribution in [3.63, 3.8) is 0 Å². The summed E-state index contributed by atoms with van der Waals surface area (Å²) in [4.78, 5) is 4.88. The molecule has 2 N–H and O–H groups in total.